The van der Waals surface area contributed by atoms with Gasteiger partial charge >= 0.3 is 0 Å². The molecule has 1 aliphatic carbocycles. The highest BCUT2D eigenvalue weighted by Gasteiger charge is 2.35. The van der Waals surface area contributed by atoms with Gasteiger partial charge in [-0.05, 0) is 62.6 Å². The van der Waals surface area contributed by atoms with Crippen molar-refractivity contribution in [3.8, 4) is 0 Å². The van der Waals surface area contributed by atoms with E-state index in [4.69, 9.17) is 0 Å². The summed E-state index contributed by atoms with van der Waals surface area (Å²) in [4.78, 5) is 14.7. The number of nitrogens with zero attached hydrogens (tertiary/aromatic N) is 2. The van der Waals surface area contributed by atoms with E-state index in [0.717, 1.165) is 55.3 Å². The van der Waals surface area contributed by atoms with Gasteiger partial charge in [0.2, 0.25) is 10.0 Å². The molecule has 0 atom stereocenters. The molecule has 0 bridgehead atoms. The largest absolute Gasteiger partial charge is 0.311 e. The third-order valence-electron chi connectivity index (χ3n) is 6.06. The van der Waals surface area contributed by atoms with E-state index in [2.05, 4.69) is 6.92 Å². The van der Waals surface area contributed by atoms with Crippen molar-refractivity contribution in [3.63, 3.8) is 0 Å². The first-order valence-electron chi connectivity index (χ1n) is 9.54. The Labute approximate surface area is 155 Å². The summed E-state index contributed by atoms with van der Waals surface area (Å²) < 4.78 is 27.8. The topological polar surface area (TPSA) is 57.7 Å². The molecule has 0 radical (unpaired) electrons. The van der Waals surface area contributed by atoms with E-state index in [-0.39, 0.29) is 5.91 Å². The fourth-order valence-corrected chi connectivity index (χ4v) is 5.82. The van der Waals surface area contributed by atoms with E-state index in [1.165, 1.54) is 5.57 Å². The van der Waals surface area contributed by atoms with Crippen molar-refractivity contribution in [1.29, 1.82) is 0 Å². The zero-order valence-corrected chi connectivity index (χ0v) is 16.3. The molecule has 1 aromatic carbocycles. The SMILES string of the molecule is CC1CCN(S(=O)(=O)c2ccc3c(c2)C(=C2CCCC2)C(=O)N3C)CC1. The Morgan fingerprint density at radius 1 is 1.08 bits per heavy atom. The van der Waals surface area contributed by atoms with E-state index in [0.29, 0.717) is 23.9 Å². The summed E-state index contributed by atoms with van der Waals surface area (Å²) in [6.45, 7) is 3.32. The number of hydrogen-bond acceptors (Lipinski definition) is 3. The highest BCUT2D eigenvalue weighted by Crippen LogP contribution is 2.43. The molecule has 5 nitrogen and oxygen atoms in total. The Morgan fingerprint density at radius 3 is 2.38 bits per heavy atom. The fourth-order valence-electron chi connectivity index (χ4n) is 4.33. The summed E-state index contributed by atoms with van der Waals surface area (Å²) in [7, 11) is -1.74. The third kappa shape index (κ3) is 2.79. The van der Waals surface area contributed by atoms with Crippen molar-refractivity contribution in [2.24, 2.45) is 5.92 Å². The van der Waals surface area contributed by atoms with Crippen molar-refractivity contribution in [2.75, 3.05) is 25.0 Å². The molecule has 0 aromatic heterocycles. The standard InChI is InChI=1S/C20H26N2O3S/c1-14-9-11-22(12-10-14)26(24,25)16-7-8-18-17(13-16)19(20(23)21(18)2)15-5-3-4-6-15/h7-8,13-14H,3-6,9-12H2,1-2H3. The van der Waals surface area contributed by atoms with Crippen LogP contribution in [0.2, 0.25) is 0 Å². The number of carbonyl (C=O) groups is 1. The number of hydrogen-bond donors (Lipinski definition) is 0. The number of sulfonamides is 1. The highest BCUT2D eigenvalue weighted by molar-refractivity contribution is 7.89. The first-order chi connectivity index (χ1) is 12.4. The van der Waals surface area contributed by atoms with Gasteiger partial charge in [0.1, 0.15) is 0 Å². The Morgan fingerprint density at radius 2 is 1.73 bits per heavy atom. The zero-order valence-electron chi connectivity index (χ0n) is 15.5. The Balaban J connectivity index is 1.76. The fraction of sp³-hybridized carbons (Fsp3) is 0.550. The van der Waals surface area contributed by atoms with Crippen molar-refractivity contribution in [2.45, 2.75) is 50.3 Å². The predicted octanol–water partition coefficient (Wildman–Crippen LogP) is 3.41. The molecule has 26 heavy (non-hydrogen) atoms. The molecule has 6 heteroatoms. The van der Waals surface area contributed by atoms with Crippen LogP contribution in [0.3, 0.4) is 0 Å². The van der Waals surface area contributed by atoms with Crippen molar-refractivity contribution in [1.82, 2.24) is 4.31 Å². The first kappa shape index (κ1) is 17.7. The van der Waals surface area contributed by atoms with E-state index in [9.17, 15) is 13.2 Å². The highest BCUT2D eigenvalue weighted by atomic mass is 32.2. The second-order valence-corrected chi connectivity index (χ2v) is 9.75. The van der Waals surface area contributed by atoms with Crippen LogP contribution in [0.15, 0.2) is 28.7 Å². The molecule has 3 aliphatic rings. The lowest BCUT2D eigenvalue weighted by molar-refractivity contribution is -0.112. The van der Waals surface area contributed by atoms with E-state index < -0.39 is 10.0 Å². The number of anilines is 1. The first-order valence-corrected chi connectivity index (χ1v) is 11.0. The van der Waals surface area contributed by atoms with Gasteiger partial charge in [0, 0.05) is 31.3 Å². The molecule has 0 N–H and O–H groups in total. The van der Waals surface area contributed by atoms with Gasteiger partial charge in [0.15, 0.2) is 0 Å². The maximum absolute atomic E-state index is 13.1. The van der Waals surface area contributed by atoms with Crippen LogP contribution in [-0.4, -0.2) is 38.8 Å². The van der Waals surface area contributed by atoms with Gasteiger partial charge in [0.25, 0.3) is 5.91 Å². The van der Waals surface area contributed by atoms with Crippen LogP contribution < -0.4 is 4.90 Å². The minimum atomic E-state index is -3.51. The van der Waals surface area contributed by atoms with Gasteiger partial charge in [0.05, 0.1) is 10.6 Å². The average molecular weight is 375 g/mol. The summed E-state index contributed by atoms with van der Waals surface area (Å²) in [5.74, 6) is 0.574. The lowest BCUT2D eigenvalue weighted by Crippen LogP contribution is -2.37. The average Bonchev–Trinajstić information content (AvgIpc) is 3.23. The molecule has 140 valence electrons. The third-order valence-corrected chi connectivity index (χ3v) is 7.95. The molecule has 4 rings (SSSR count). The maximum Gasteiger partial charge on any atom is 0.258 e. The number of benzene rings is 1. The number of rotatable bonds is 2. The molecule has 1 saturated carbocycles. The van der Waals surface area contributed by atoms with Gasteiger partial charge in [-0.15, -0.1) is 0 Å². The van der Waals surface area contributed by atoms with Crippen LogP contribution >= 0.6 is 0 Å². The lowest BCUT2D eigenvalue weighted by atomic mass is 10.00. The summed E-state index contributed by atoms with van der Waals surface area (Å²) in [6.07, 6.45) is 5.90. The van der Waals surface area contributed by atoms with Crippen molar-refractivity contribution >= 4 is 27.2 Å². The Bertz CT molecular complexity index is 872. The summed E-state index contributed by atoms with van der Waals surface area (Å²) in [5.41, 5.74) is 3.53. The van der Waals surface area contributed by atoms with Gasteiger partial charge < -0.3 is 4.90 Å². The number of allylic oxidation sites excluding steroid dienone is 1. The number of piperidine rings is 1. The smallest absolute Gasteiger partial charge is 0.258 e. The predicted molar refractivity (Wildman–Crippen MR) is 102 cm³/mol. The minimum absolute atomic E-state index is 0.00162. The number of fused-ring (bicyclic) bond motifs is 1. The molecule has 2 fully saturated rings. The second kappa shape index (κ2) is 6.50. The van der Waals surface area contributed by atoms with Crippen molar-refractivity contribution < 1.29 is 13.2 Å². The zero-order chi connectivity index (χ0) is 18.5. The van der Waals surface area contributed by atoms with Crippen LogP contribution in [0.1, 0.15) is 51.0 Å². The van der Waals surface area contributed by atoms with Crippen LogP contribution in [0.5, 0.6) is 0 Å². The summed E-state index contributed by atoms with van der Waals surface area (Å²) in [5, 5.41) is 0. The van der Waals surface area contributed by atoms with Gasteiger partial charge in [-0.1, -0.05) is 12.5 Å². The summed E-state index contributed by atoms with van der Waals surface area (Å²) in [6, 6.07) is 5.16. The molecule has 2 heterocycles. The van der Waals surface area contributed by atoms with E-state index >= 15 is 0 Å². The minimum Gasteiger partial charge on any atom is -0.311 e. The summed E-state index contributed by atoms with van der Waals surface area (Å²) >= 11 is 0. The quantitative estimate of drug-likeness (QED) is 0.746. The van der Waals surface area contributed by atoms with Crippen LogP contribution in [0.25, 0.3) is 5.57 Å². The number of carbonyl (C=O) groups excluding carboxylic acids is 1. The lowest BCUT2D eigenvalue weighted by Gasteiger charge is -2.29. The molecule has 1 aromatic rings. The molecule has 0 spiro atoms. The van der Waals surface area contributed by atoms with E-state index in [1.807, 2.05) is 0 Å². The monoisotopic (exact) mass is 374 g/mol. The van der Waals surface area contributed by atoms with Crippen LogP contribution in [-0.2, 0) is 14.8 Å². The molecule has 1 amide bonds. The molecular weight excluding hydrogens is 348 g/mol. The van der Waals surface area contributed by atoms with Crippen LogP contribution in [0.4, 0.5) is 5.69 Å². The van der Waals surface area contributed by atoms with Crippen LogP contribution in [0, 0.1) is 5.92 Å². The molecule has 1 saturated heterocycles. The Hall–Kier alpha value is -1.66. The number of likely N-dealkylation sites (N-methyl/N-ethyl adjacent to an activating group) is 1. The molecule has 2 aliphatic heterocycles. The molecule has 0 unspecified atom stereocenters. The van der Waals surface area contributed by atoms with Gasteiger partial charge in [-0.25, -0.2) is 8.42 Å². The second-order valence-electron chi connectivity index (χ2n) is 7.82. The molecular formula is C20H26N2O3S. The maximum atomic E-state index is 13.1. The van der Waals surface area contributed by atoms with E-state index in [1.54, 1.807) is 34.5 Å². The van der Waals surface area contributed by atoms with Gasteiger partial charge in [-0.2, -0.15) is 4.31 Å². The Kier molecular flexibility index (Phi) is 4.43. The normalized spacial score (nSPS) is 22.4. The number of amides is 1. The van der Waals surface area contributed by atoms with Crippen molar-refractivity contribution in [3.05, 3.63) is 29.3 Å². The van der Waals surface area contributed by atoms with Gasteiger partial charge in [-0.3, -0.25) is 4.79 Å².